The second kappa shape index (κ2) is 10.3. The Labute approximate surface area is 161 Å². The van der Waals surface area contributed by atoms with Gasteiger partial charge in [0.2, 0.25) is 10.0 Å². The fourth-order valence-corrected chi connectivity index (χ4v) is 3.61. The first-order valence-electron chi connectivity index (χ1n) is 8.96. The third-order valence-corrected chi connectivity index (χ3v) is 5.69. The van der Waals surface area contributed by atoms with Gasteiger partial charge in [0.1, 0.15) is 18.1 Å². The van der Waals surface area contributed by atoms with Crippen LogP contribution in [0.4, 0.5) is 0 Å². The fourth-order valence-electron chi connectivity index (χ4n) is 2.45. The fraction of sp³-hybridized carbons (Fsp3) is 0.400. The molecule has 0 N–H and O–H groups in total. The monoisotopic (exact) mass is 393 g/mol. The Morgan fingerprint density at radius 2 is 1.41 bits per heavy atom. The predicted molar refractivity (Wildman–Crippen MR) is 105 cm³/mol. The molecule has 0 aliphatic heterocycles. The van der Waals surface area contributed by atoms with Gasteiger partial charge < -0.3 is 14.2 Å². The van der Waals surface area contributed by atoms with Crippen molar-refractivity contribution in [3.8, 4) is 11.5 Å². The van der Waals surface area contributed by atoms with Gasteiger partial charge in [0.25, 0.3) is 0 Å². The van der Waals surface area contributed by atoms with Crippen LogP contribution < -0.4 is 9.47 Å². The highest BCUT2D eigenvalue weighted by molar-refractivity contribution is 7.89. The van der Waals surface area contributed by atoms with E-state index in [1.54, 1.807) is 31.3 Å². The second-order valence-corrected chi connectivity index (χ2v) is 7.90. The summed E-state index contributed by atoms with van der Waals surface area (Å²) in [7, 11) is -2.01. The first-order chi connectivity index (χ1) is 13.0. The van der Waals surface area contributed by atoms with Crippen LogP contribution in [0.3, 0.4) is 0 Å². The topological polar surface area (TPSA) is 65.1 Å². The predicted octanol–water partition coefficient (Wildman–Crippen LogP) is 3.32. The molecular weight excluding hydrogens is 366 g/mol. The van der Waals surface area contributed by atoms with Crippen LogP contribution in [0.15, 0.2) is 53.4 Å². The maximum atomic E-state index is 12.8. The zero-order valence-electron chi connectivity index (χ0n) is 16.1. The molecule has 0 heterocycles. The van der Waals surface area contributed by atoms with Crippen molar-refractivity contribution in [1.29, 1.82) is 0 Å². The summed E-state index contributed by atoms with van der Waals surface area (Å²) in [5.41, 5.74) is 0.889. The molecule has 0 atom stereocenters. The Balaban J connectivity index is 1.99. The van der Waals surface area contributed by atoms with Crippen LogP contribution in [-0.4, -0.2) is 46.2 Å². The quantitative estimate of drug-likeness (QED) is 0.548. The molecule has 27 heavy (non-hydrogen) atoms. The van der Waals surface area contributed by atoms with Crippen molar-refractivity contribution < 1.29 is 22.6 Å². The molecule has 2 aromatic rings. The maximum absolute atomic E-state index is 12.8. The van der Waals surface area contributed by atoms with E-state index in [0.29, 0.717) is 32.2 Å². The maximum Gasteiger partial charge on any atom is 0.243 e. The van der Waals surface area contributed by atoms with E-state index in [4.69, 9.17) is 14.2 Å². The van der Waals surface area contributed by atoms with Crippen LogP contribution in [-0.2, 0) is 21.3 Å². The smallest absolute Gasteiger partial charge is 0.243 e. The summed E-state index contributed by atoms with van der Waals surface area (Å²) in [6.45, 7) is 6.29. The molecule has 0 aromatic heterocycles. The summed E-state index contributed by atoms with van der Waals surface area (Å²) >= 11 is 0. The van der Waals surface area contributed by atoms with Gasteiger partial charge in [-0.15, -0.1) is 0 Å². The lowest BCUT2D eigenvalue weighted by Gasteiger charge is -2.18. The van der Waals surface area contributed by atoms with E-state index in [2.05, 4.69) is 0 Å². The minimum Gasteiger partial charge on any atom is -0.494 e. The number of nitrogens with zero attached hydrogens (tertiary/aromatic N) is 1. The van der Waals surface area contributed by atoms with E-state index in [0.717, 1.165) is 11.3 Å². The van der Waals surface area contributed by atoms with E-state index in [1.165, 1.54) is 4.31 Å². The Morgan fingerprint density at radius 3 is 2.00 bits per heavy atom. The Bertz CT molecular complexity index is 788. The molecule has 0 saturated heterocycles. The number of hydrogen-bond acceptors (Lipinski definition) is 5. The molecular formula is C20H27NO5S. The van der Waals surface area contributed by atoms with Crippen LogP contribution >= 0.6 is 0 Å². The van der Waals surface area contributed by atoms with Gasteiger partial charge in [-0.1, -0.05) is 12.1 Å². The number of hydrogen-bond donors (Lipinski definition) is 0. The van der Waals surface area contributed by atoms with Gasteiger partial charge in [-0.3, -0.25) is 0 Å². The Kier molecular flexibility index (Phi) is 8.09. The van der Waals surface area contributed by atoms with Crippen LogP contribution in [0.2, 0.25) is 0 Å². The van der Waals surface area contributed by atoms with Crippen molar-refractivity contribution in [2.75, 3.05) is 33.5 Å². The van der Waals surface area contributed by atoms with E-state index in [1.807, 2.05) is 38.1 Å². The average Bonchev–Trinajstić information content (AvgIpc) is 2.67. The minimum absolute atomic E-state index is 0.230. The summed E-state index contributed by atoms with van der Waals surface area (Å²) < 4.78 is 43.0. The molecule has 2 rings (SSSR count). The summed E-state index contributed by atoms with van der Waals surface area (Å²) in [5, 5.41) is 0. The van der Waals surface area contributed by atoms with Gasteiger partial charge in [0.15, 0.2) is 0 Å². The number of rotatable bonds is 11. The van der Waals surface area contributed by atoms with Crippen molar-refractivity contribution in [2.45, 2.75) is 25.3 Å². The summed E-state index contributed by atoms with van der Waals surface area (Å²) in [5.74, 6) is 1.38. The highest BCUT2D eigenvalue weighted by atomic mass is 32.2. The van der Waals surface area contributed by atoms with Gasteiger partial charge >= 0.3 is 0 Å². The minimum atomic E-state index is -3.58. The van der Waals surface area contributed by atoms with Gasteiger partial charge in [0, 0.05) is 20.2 Å². The molecule has 0 bridgehead atoms. The summed E-state index contributed by atoms with van der Waals surface area (Å²) in [6.07, 6.45) is 0. The van der Waals surface area contributed by atoms with Crippen molar-refractivity contribution in [2.24, 2.45) is 0 Å². The Morgan fingerprint density at radius 1 is 0.815 bits per heavy atom. The Hall–Kier alpha value is -2.09. The molecule has 0 saturated carbocycles. The van der Waals surface area contributed by atoms with E-state index < -0.39 is 10.0 Å². The first kappa shape index (κ1) is 21.2. The summed E-state index contributed by atoms with van der Waals surface area (Å²) in [6, 6.07) is 13.8. The normalized spacial score (nSPS) is 11.6. The van der Waals surface area contributed by atoms with Crippen molar-refractivity contribution in [3.63, 3.8) is 0 Å². The molecule has 6 nitrogen and oxygen atoms in total. The first-order valence-corrected chi connectivity index (χ1v) is 10.4. The molecule has 148 valence electrons. The SMILES string of the molecule is CCOCCOc1ccc(S(=O)(=O)N(C)Cc2ccc(OCC)cc2)cc1. The molecule has 0 unspecified atom stereocenters. The van der Waals surface area contributed by atoms with E-state index in [9.17, 15) is 8.42 Å². The molecule has 0 fully saturated rings. The molecule has 0 aliphatic carbocycles. The van der Waals surface area contributed by atoms with Crippen LogP contribution in [0, 0.1) is 0 Å². The molecule has 7 heteroatoms. The number of benzene rings is 2. The lowest BCUT2D eigenvalue weighted by atomic mass is 10.2. The highest BCUT2D eigenvalue weighted by Crippen LogP contribution is 2.21. The second-order valence-electron chi connectivity index (χ2n) is 5.85. The van der Waals surface area contributed by atoms with Gasteiger partial charge in [-0.05, 0) is 55.8 Å². The zero-order valence-corrected chi connectivity index (χ0v) is 16.9. The van der Waals surface area contributed by atoms with Gasteiger partial charge in [-0.25, -0.2) is 8.42 Å². The number of ether oxygens (including phenoxy) is 3. The molecule has 0 radical (unpaired) electrons. The highest BCUT2D eigenvalue weighted by Gasteiger charge is 2.21. The van der Waals surface area contributed by atoms with Gasteiger partial charge in [0.05, 0.1) is 18.1 Å². The third-order valence-electron chi connectivity index (χ3n) is 3.87. The lowest BCUT2D eigenvalue weighted by Crippen LogP contribution is -2.26. The molecule has 0 spiro atoms. The summed E-state index contributed by atoms with van der Waals surface area (Å²) in [4.78, 5) is 0.230. The molecule has 0 aliphatic rings. The van der Waals surface area contributed by atoms with Crippen LogP contribution in [0.25, 0.3) is 0 Å². The largest absolute Gasteiger partial charge is 0.494 e. The zero-order chi connectivity index (χ0) is 19.7. The molecule has 0 amide bonds. The van der Waals surface area contributed by atoms with Crippen LogP contribution in [0.1, 0.15) is 19.4 Å². The van der Waals surface area contributed by atoms with Crippen molar-refractivity contribution in [1.82, 2.24) is 4.31 Å². The third kappa shape index (κ3) is 6.23. The lowest BCUT2D eigenvalue weighted by molar-refractivity contribution is 0.110. The van der Waals surface area contributed by atoms with Crippen molar-refractivity contribution in [3.05, 3.63) is 54.1 Å². The standard InChI is InChI=1S/C20H27NO5S/c1-4-24-14-15-26-19-10-12-20(13-11-19)27(22,23)21(3)16-17-6-8-18(9-7-17)25-5-2/h6-13H,4-5,14-16H2,1-3H3. The van der Waals surface area contributed by atoms with Crippen molar-refractivity contribution >= 4 is 10.0 Å². The van der Waals surface area contributed by atoms with E-state index in [-0.39, 0.29) is 11.4 Å². The van der Waals surface area contributed by atoms with Gasteiger partial charge in [-0.2, -0.15) is 4.31 Å². The van der Waals surface area contributed by atoms with Crippen LogP contribution in [0.5, 0.6) is 11.5 Å². The number of sulfonamides is 1. The molecule has 2 aromatic carbocycles. The average molecular weight is 394 g/mol. The van der Waals surface area contributed by atoms with E-state index >= 15 is 0 Å².